The summed E-state index contributed by atoms with van der Waals surface area (Å²) in [6, 6.07) is 2.68. The monoisotopic (exact) mass is 305 g/mol. The quantitative estimate of drug-likeness (QED) is 0.782. The number of benzene rings is 1. The van der Waals surface area contributed by atoms with Crippen molar-refractivity contribution in [1.29, 1.82) is 0 Å². The van der Waals surface area contributed by atoms with Crippen LogP contribution in [0, 0.1) is 5.82 Å². The minimum atomic E-state index is -4.78. The average Bonchev–Trinajstić information content (AvgIpc) is 2.36. The molecule has 3 rings (SSSR count). The van der Waals surface area contributed by atoms with Crippen molar-refractivity contribution in [2.24, 2.45) is 0 Å². The number of morpholine rings is 1. The third-order valence-corrected chi connectivity index (χ3v) is 4.08. The zero-order chi connectivity index (χ0) is 15.3. The second-order valence-corrected chi connectivity index (χ2v) is 5.70. The molecule has 0 aromatic heterocycles. The standard InChI is InChI=1S/C14H15F4NO2/c15-12-10(2-1-3-11(12)14(16,17)18)13(20)4-8-6-21-7-9(5-13)19-8/h1-3,8-9,19-20H,4-7H2. The molecule has 2 bridgehead atoms. The van der Waals surface area contributed by atoms with Crippen molar-refractivity contribution >= 4 is 0 Å². The van der Waals surface area contributed by atoms with Crippen molar-refractivity contribution in [3.63, 3.8) is 0 Å². The smallest absolute Gasteiger partial charge is 0.385 e. The molecule has 0 saturated carbocycles. The van der Waals surface area contributed by atoms with Crippen molar-refractivity contribution in [1.82, 2.24) is 5.32 Å². The van der Waals surface area contributed by atoms with Crippen molar-refractivity contribution in [2.45, 2.75) is 36.7 Å². The Balaban J connectivity index is 2.00. The molecule has 1 aromatic rings. The molecule has 2 atom stereocenters. The summed E-state index contributed by atoms with van der Waals surface area (Å²) in [5, 5.41) is 13.9. The van der Waals surface area contributed by atoms with E-state index in [9.17, 15) is 22.7 Å². The molecule has 2 fully saturated rings. The number of aliphatic hydroxyl groups is 1. The maximum Gasteiger partial charge on any atom is 0.419 e. The highest BCUT2D eigenvalue weighted by atomic mass is 19.4. The highest BCUT2D eigenvalue weighted by Crippen LogP contribution is 2.41. The first-order valence-electron chi connectivity index (χ1n) is 6.72. The molecule has 2 N–H and O–H groups in total. The molecular weight excluding hydrogens is 290 g/mol. The Morgan fingerprint density at radius 2 is 1.81 bits per heavy atom. The maximum atomic E-state index is 14.2. The molecule has 2 saturated heterocycles. The fourth-order valence-electron chi connectivity index (χ4n) is 3.25. The van der Waals surface area contributed by atoms with Gasteiger partial charge < -0.3 is 15.2 Å². The van der Waals surface area contributed by atoms with E-state index in [0.717, 1.165) is 6.07 Å². The number of hydrogen-bond donors (Lipinski definition) is 2. The second-order valence-electron chi connectivity index (χ2n) is 5.70. The molecule has 1 aromatic carbocycles. The van der Waals surface area contributed by atoms with E-state index in [1.807, 2.05) is 0 Å². The Bertz CT molecular complexity index is 534. The van der Waals surface area contributed by atoms with E-state index in [2.05, 4.69) is 5.32 Å². The van der Waals surface area contributed by atoms with Crippen molar-refractivity contribution in [3.8, 4) is 0 Å². The van der Waals surface area contributed by atoms with Gasteiger partial charge in [-0.2, -0.15) is 13.2 Å². The molecule has 0 aliphatic carbocycles. The Labute approximate surface area is 118 Å². The predicted octanol–water partition coefficient (Wildman–Crippen LogP) is 2.18. The second kappa shape index (κ2) is 4.93. The Kier molecular flexibility index (Phi) is 3.46. The van der Waals surface area contributed by atoms with Gasteiger partial charge in [-0.15, -0.1) is 0 Å². The van der Waals surface area contributed by atoms with Crippen LogP contribution in [0.1, 0.15) is 24.0 Å². The van der Waals surface area contributed by atoms with Gasteiger partial charge in [-0.3, -0.25) is 0 Å². The fraction of sp³-hybridized carbons (Fsp3) is 0.571. The minimum absolute atomic E-state index is 0.127. The molecule has 0 radical (unpaired) electrons. The molecule has 3 nitrogen and oxygen atoms in total. The lowest BCUT2D eigenvalue weighted by Gasteiger charge is -2.45. The van der Waals surface area contributed by atoms with Crippen LogP contribution in [0.25, 0.3) is 0 Å². The third-order valence-electron chi connectivity index (χ3n) is 4.08. The molecule has 2 unspecified atom stereocenters. The maximum absolute atomic E-state index is 14.2. The molecule has 0 amide bonds. The number of piperidine rings is 1. The summed E-state index contributed by atoms with van der Waals surface area (Å²) in [5.41, 5.74) is -3.22. The topological polar surface area (TPSA) is 41.5 Å². The number of ether oxygens (including phenoxy) is 1. The molecule has 21 heavy (non-hydrogen) atoms. The summed E-state index contributed by atoms with van der Waals surface area (Å²) in [6.45, 7) is 0.721. The number of hydrogen-bond acceptors (Lipinski definition) is 3. The van der Waals surface area contributed by atoms with Gasteiger partial charge in [-0.05, 0) is 18.9 Å². The van der Waals surface area contributed by atoms with E-state index in [4.69, 9.17) is 4.74 Å². The number of halogens is 4. The zero-order valence-corrected chi connectivity index (χ0v) is 11.1. The number of nitrogens with one attached hydrogen (secondary N) is 1. The summed E-state index contributed by atoms with van der Waals surface area (Å²) >= 11 is 0. The Morgan fingerprint density at radius 3 is 2.38 bits per heavy atom. The predicted molar refractivity (Wildman–Crippen MR) is 66.1 cm³/mol. The third kappa shape index (κ3) is 2.65. The van der Waals surface area contributed by atoms with Gasteiger partial charge in [0.05, 0.1) is 24.4 Å². The van der Waals surface area contributed by atoms with Crippen LogP contribution in [0.3, 0.4) is 0 Å². The van der Waals surface area contributed by atoms with Crippen molar-refractivity contribution < 1.29 is 27.4 Å². The van der Waals surface area contributed by atoms with Gasteiger partial charge in [-0.25, -0.2) is 4.39 Å². The lowest BCUT2D eigenvalue weighted by Crippen LogP contribution is -2.58. The van der Waals surface area contributed by atoms with Gasteiger partial charge in [0.25, 0.3) is 0 Å². The SMILES string of the molecule is OC1(c2cccc(C(F)(F)F)c2F)CC2COCC(C1)N2. The number of rotatable bonds is 1. The van der Waals surface area contributed by atoms with Crippen LogP contribution >= 0.6 is 0 Å². The van der Waals surface area contributed by atoms with Gasteiger partial charge in [0.15, 0.2) is 0 Å². The van der Waals surface area contributed by atoms with Crippen LogP contribution in [0.5, 0.6) is 0 Å². The number of alkyl halides is 3. The molecule has 116 valence electrons. The van der Waals surface area contributed by atoms with Crippen LogP contribution in [-0.2, 0) is 16.5 Å². The summed E-state index contributed by atoms with van der Waals surface area (Å²) in [6.07, 6.45) is -4.52. The van der Waals surface area contributed by atoms with E-state index in [1.54, 1.807) is 0 Å². The van der Waals surface area contributed by atoms with E-state index in [-0.39, 0.29) is 30.5 Å². The van der Waals surface area contributed by atoms with Crippen molar-refractivity contribution in [2.75, 3.05) is 13.2 Å². The minimum Gasteiger partial charge on any atom is -0.385 e. The van der Waals surface area contributed by atoms with Crippen molar-refractivity contribution in [3.05, 3.63) is 35.1 Å². The highest BCUT2D eigenvalue weighted by Gasteiger charge is 2.45. The first-order chi connectivity index (χ1) is 9.79. The number of fused-ring (bicyclic) bond motifs is 2. The summed E-state index contributed by atoms with van der Waals surface area (Å²) in [5.74, 6) is -1.38. The van der Waals surface area contributed by atoms with Crippen LogP contribution in [0.15, 0.2) is 18.2 Å². The fourth-order valence-corrected chi connectivity index (χ4v) is 3.25. The highest BCUT2D eigenvalue weighted by molar-refractivity contribution is 5.33. The molecular formula is C14H15F4NO2. The lowest BCUT2D eigenvalue weighted by atomic mass is 9.77. The molecule has 0 spiro atoms. The van der Waals surface area contributed by atoms with Crippen LogP contribution in [0.4, 0.5) is 17.6 Å². The van der Waals surface area contributed by atoms with Gasteiger partial charge in [-0.1, -0.05) is 12.1 Å². The molecule has 2 aliphatic heterocycles. The van der Waals surface area contributed by atoms with E-state index in [1.165, 1.54) is 6.07 Å². The van der Waals surface area contributed by atoms with Gasteiger partial charge in [0.2, 0.25) is 0 Å². The van der Waals surface area contributed by atoms with E-state index in [0.29, 0.717) is 19.3 Å². The summed E-state index contributed by atoms with van der Waals surface area (Å²) in [4.78, 5) is 0. The first-order valence-corrected chi connectivity index (χ1v) is 6.72. The van der Waals surface area contributed by atoms with E-state index < -0.39 is 23.2 Å². The van der Waals surface area contributed by atoms with E-state index >= 15 is 0 Å². The largest absolute Gasteiger partial charge is 0.419 e. The zero-order valence-electron chi connectivity index (χ0n) is 11.1. The Morgan fingerprint density at radius 1 is 1.19 bits per heavy atom. The van der Waals surface area contributed by atoms with Crippen LogP contribution in [-0.4, -0.2) is 30.4 Å². The molecule has 2 aliphatic rings. The lowest BCUT2D eigenvalue weighted by molar-refractivity contribution is -0.140. The summed E-state index contributed by atoms with van der Waals surface area (Å²) < 4.78 is 58.0. The Hall–Kier alpha value is -1.18. The van der Waals surface area contributed by atoms with Crippen LogP contribution < -0.4 is 5.32 Å². The average molecular weight is 305 g/mol. The van der Waals surface area contributed by atoms with Gasteiger partial charge >= 0.3 is 6.18 Å². The molecule has 7 heteroatoms. The summed E-state index contributed by atoms with van der Waals surface area (Å²) in [7, 11) is 0. The first kappa shape index (κ1) is 14.7. The van der Waals surface area contributed by atoms with Crippen LogP contribution in [0.2, 0.25) is 0 Å². The van der Waals surface area contributed by atoms with Gasteiger partial charge in [0.1, 0.15) is 5.82 Å². The molecule has 2 heterocycles. The van der Waals surface area contributed by atoms with Gasteiger partial charge in [0, 0.05) is 17.6 Å². The normalized spacial score (nSPS) is 33.0.